The number of rotatable bonds is 5. The summed E-state index contributed by atoms with van der Waals surface area (Å²) in [6, 6.07) is 16.7. The molecule has 12 heteroatoms. The number of hydrogen-bond donors (Lipinski definition) is 2. The van der Waals surface area contributed by atoms with E-state index in [4.69, 9.17) is 28.2 Å². The molecule has 3 aromatic carbocycles. The maximum atomic E-state index is 12.8. The number of fused-ring (bicyclic) bond motifs is 2. The number of nitrogens with one attached hydrogen (secondary N) is 2. The molecule has 1 amide bonds. The summed E-state index contributed by atoms with van der Waals surface area (Å²) in [5, 5.41) is 21.3. The zero-order valence-corrected chi connectivity index (χ0v) is 25.8. The third-order valence-corrected chi connectivity index (χ3v) is 8.19. The molecule has 42 heavy (non-hydrogen) atoms. The highest BCUT2D eigenvalue weighted by Crippen LogP contribution is 2.38. The van der Waals surface area contributed by atoms with Crippen molar-refractivity contribution in [1.82, 2.24) is 24.8 Å². The first-order valence-corrected chi connectivity index (χ1v) is 14.7. The number of halogens is 2. The van der Waals surface area contributed by atoms with Crippen molar-refractivity contribution in [2.75, 3.05) is 5.32 Å². The molecule has 0 spiro atoms. The van der Waals surface area contributed by atoms with E-state index in [1.807, 2.05) is 56.3 Å². The minimum absolute atomic E-state index is 0.160. The number of amides is 1. The smallest absolute Gasteiger partial charge is 0.255 e. The maximum absolute atomic E-state index is 12.8. The van der Waals surface area contributed by atoms with Crippen LogP contribution in [0.4, 0.5) is 16.5 Å². The predicted octanol–water partition coefficient (Wildman–Crippen LogP) is 9.22. The highest BCUT2D eigenvalue weighted by atomic mass is 35.5. The van der Waals surface area contributed by atoms with Crippen LogP contribution in [0.2, 0.25) is 10.0 Å². The van der Waals surface area contributed by atoms with Gasteiger partial charge >= 0.3 is 0 Å². The van der Waals surface area contributed by atoms with Crippen LogP contribution in [0.5, 0.6) is 0 Å². The molecule has 0 saturated carbocycles. The van der Waals surface area contributed by atoms with Crippen LogP contribution in [0.3, 0.4) is 0 Å². The Morgan fingerprint density at radius 1 is 0.952 bits per heavy atom. The lowest BCUT2D eigenvalue weighted by Gasteiger charge is -2.16. The SMILES string of the molecule is Cc1cc(C)cc(C(=O)Nc2ccc(-c3nc4c(N=Nc5nc6cc(Cl)c(Cl)cc6s5)c(C(C)(C)C)[nH]n4n3)cc2)c1. The van der Waals surface area contributed by atoms with E-state index in [0.29, 0.717) is 49.1 Å². The molecule has 0 aliphatic heterocycles. The number of aromatic nitrogens is 5. The first-order chi connectivity index (χ1) is 19.9. The van der Waals surface area contributed by atoms with Crippen molar-refractivity contribution < 1.29 is 4.79 Å². The van der Waals surface area contributed by atoms with Crippen LogP contribution < -0.4 is 5.32 Å². The van der Waals surface area contributed by atoms with Gasteiger partial charge in [-0.25, -0.2) is 9.97 Å². The first kappa shape index (κ1) is 28.0. The lowest BCUT2D eigenvalue weighted by molar-refractivity contribution is 0.102. The van der Waals surface area contributed by atoms with Gasteiger partial charge in [0.1, 0.15) is 0 Å². The molecule has 3 aromatic heterocycles. The van der Waals surface area contributed by atoms with Crippen molar-refractivity contribution in [3.8, 4) is 11.4 Å². The lowest BCUT2D eigenvalue weighted by Crippen LogP contribution is -2.12. The second-order valence-corrected chi connectivity index (χ2v) is 12.9. The quantitative estimate of drug-likeness (QED) is 0.188. The minimum atomic E-state index is -0.277. The Bertz CT molecular complexity index is 1960. The molecular formula is C30H26Cl2N8OS. The summed E-state index contributed by atoms with van der Waals surface area (Å²) in [5.41, 5.74) is 6.55. The zero-order chi connectivity index (χ0) is 29.8. The lowest BCUT2D eigenvalue weighted by atomic mass is 9.91. The van der Waals surface area contributed by atoms with Gasteiger partial charge in [-0.2, -0.15) is 4.63 Å². The number of aryl methyl sites for hydroxylation is 2. The highest BCUT2D eigenvalue weighted by molar-refractivity contribution is 7.22. The number of nitrogens with zero attached hydrogens (tertiary/aromatic N) is 6. The molecule has 0 fully saturated rings. The summed E-state index contributed by atoms with van der Waals surface area (Å²) >= 11 is 13.7. The van der Waals surface area contributed by atoms with E-state index in [9.17, 15) is 4.79 Å². The second kappa shape index (κ2) is 10.6. The van der Waals surface area contributed by atoms with Gasteiger partial charge in [0.25, 0.3) is 5.91 Å². The Balaban J connectivity index is 1.29. The molecular weight excluding hydrogens is 591 g/mol. The topological polar surface area (TPSA) is 113 Å². The highest BCUT2D eigenvalue weighted by Gasteiger charge is 2.26. The third-order valence-electron chi connectivity index (χ3n) is 6.56. The number of azo groups is 1. The van der Waals surface area contributed by atoms with Crippen LogP contribution in [0.1, 0.15) is 48.0 Å². The summed E-state index contributed by atoms with van der Waals surface area (Å²) < 4.78 is 2.48. The van der Waals surface area contributed by atoms with Gasteiger partial charge in [-0.15, -0.1) is 15.3 Å². The molecule has 0 bridgehead atoms. The van der Waals surface area contributed by atoms with Crippen LogP contribution in [-0.2, 0) is 5.41 Å². The van der Waals surface area contributed by atoms with Crippen molar-refractivity contribution in [2.45, 2.75) is 40.0 Å². The Hall–Kier alpha value is -4.12. The summed E-state index contributed by atoms with van der Waals surface area (Å²) in [4.78, 5) is 22.1. The van der Waals surface area contributed by atoms with E-state index in [0.717, 1.165) is 27.1 Å². The summed E-state index contributed by atoms with van der Waals surface area (Å²) in [5.74, 6) is 0.349. The zero-order valence-electron chi connectivity index (χ0n) is 23.5. The Morgan fingerprint density at radius 2 is 1.64 bits per heavy atom. The van der Waals surface area contributed by atoms with Gasteiger partial charge in [0.15, 0.2) is 11.5 Å². The molecule has 0 radical (unpaired) electrons. The molecule has 6 rings (SSSR count). The molecule has 2 N–H and O–H groups in total. The Morgan fingerprint density at radius 3 is 2.33 bits per heavy atom. The Kier molecular flexibility index (Phi) is 7.08. The third kappa shape index (κ3) is 5.53. The molecule has 212 valence electrons. The van der Waals surface area contributed by atoms with Crippen molar-refractivity contribution >= 4 is 72.8 Å². The number of anilines is 1. The second-order valence-electron chi connectivity index (χ2n) is 11.1. The number of aromatic amines is 1. The largest absolute Gasteiger partial charge is 0.322 e. The molecule has 0 unspecified atom stereocenters. The average Bonchev–Trinajstić information content (AvgIpc) is 3.60. The van der Waals surface area contributed by atoms with E-state index >= 15 is 0 Å². The van der Waals surface area contributed by atoms with Gasteiger partial charge in [0.2, 0.25) is 10.8 Å². The molecule has 9 nitrogen and oxygen atoms in total. The molecule has 0 aliphatic rings. The fourth-order valence-corrected chi connectivity index (χ4v) is 5.81. The number of hydrogen-bond acceptors (Lipinski definition) is 7. The van der Waals surface area contributed by atoms with E-state index in [2.05, 4.69) is 51.5 Å². The summed E-state index contributed by atoms with van der Waals surface area (Å²) in [6.45, 7) is 10.2. The molecule has 0 saturated heterocycles. The van der Waals surface area contributed by atoms with Crippen LogP contribution in [0.15, 0.2) is 64.8 Å². The van der Waals surface area contributed by atoms with Gasteiger partial charge in [-0.1, -0.05) is 72.5 Å². The number of carbonyl (C=O) groups is 1. The maximum Gasteiger partial charge on any atom is 0.255 e. The average molecular weight is 618 g/mol. The van der Waals surface area contributed by atoms with Gasteiger partial charge in [0.05, 0.1) is 26.0 Å². The standard InChI is InChI=1S/C30H26Cl2N8OS/c1-15-10-16(2)12-18(11-15)28(41)33-19-8-6-17(7-9-19)26-35-27-24(25(30(3,4)5)38-40(27)39-26)36-37-29-34-22-13-20(31)21(32)14-23(22)42-29/h6-14,38H,1-5H3,(H,33,41). The van der Waals surface area contributed by atoms with Gasteiger partial charge in [-0.05, 0) is 62.4 Å². The fourth-order valence-electron chi connectivity index (χ4n) is 4.61. The molecule has 3 heterocycles. The Labute approximate surface area is 255 Å². The van der Waals surface area contributed by atoms with Crippen molar-refractivity contribution in [1.29, 1.82) is 0 Å². The number of benzene rings is 3. The normalized spacial score (nSPS) is 12.2. The van der Waals surface area contributed by atoms with E-state index < -0.39 is 0 Å². The first-order valence-electron chi connectivity index (χ1n) is 13.1. The van der Waals surface area contributed by atoms with E-state index in [1.54, 1.807) is 16.8 Å². The van der Waals surface area contributed by atoms with Gasteiger partial charge < -0.3 is 5.32 Å². The summed E-state index contributed by atoms with van der Waals surface area (Å²) in [6.07, 6.45) is 0. The van der Waals surface area contributed by atoms with Gasteiger partial charge in [-0.3, -0.25) is 9.89 Å². The van der Waals surface area contributed by atoms with E-state index in [1.165, 1.54) is 11.3 Å². The minimum Gasteiger partial charge on any atom is -0.322 e. The number of thiazole rings is 1. The molecule has 0 atom stereocenters. The molecule has 6 aromatic rings. The number of carbonyl (C=O) groups excluding carboxylic acids is 1. The van der Waals surface area contributed by atoms with E-state index in [-0.39, 0.29) is 11.3 Å². The van der Waals surface area contributed by atoms with Crippen LogP contribution in [0.25, 0.3) is 27.3 Å². The van der Waals surface area contributed by atoms with Crippen LogP contribution in [0, 0.1) is 13.8 Å². The fraction of sp³-hybridized carbons (Fsp3) is 0.200. The number of H-pyrrole nitrogens is 1. The monoisotopic (exact) mass is 616 g/mol. The van der Waals surface area contributed by atoms with Gasteiger partial charge in [0, 0.05) is 22.2 Å². The van der Waals surface area contributed by atoms with Crippen molar-refractivity contribution in [3.05, 3.63) is 87.0 Å². The molecule has 0 aliphatic carbocycles. The summed E-state index contributed by atoms with van der Waals surface area (Å²) in [7, 11) is 0. The van der Waals surface area contributed by atoms with Crippen molar-refractivity contribution in [3.63, 3.8) is 0 Å². The van der Waals surface area contributed by atoms with Crippen LogP contribution >= 0.6 is 34.5 Å². The predicted molar refractivity (Wildman–Crippen MR) is 169 cm³/mol. The van der Waals surface area contributed by atoms with Crippen molar-refractivity contribution in [2.24, 2.45) is 10.2 Å². The van der Waals surface area contributed by atoms with Crippen LogP contribution in [-0.4, -0.2) is 30.7 Å².